The van der Waals surface area contributed by atoms with Crippen molar-refractivity contribution in [3.05, 3.63) is 44.9 Å². The molecule has 0 atom stereocenters. The van der Waals surface area contributed by atoms with Gasteiger partial charge in [0.25, 0.3) is 0 Å². The molecule has 16 heavy (non-hydrogen) atoms. The van der Waals surface area contributed by atoms with Gasteiger partial charge in [-0.2, -0.15) is 0 Å². The van der Waals surface area contributed by atoms with Crippen LogP contribution in [0.25, 0.3) is 12.2 Å². The van der Waals surface area contributed by atoms with E-state index in [1.807, 2.05) is 17.5 Å². The second-order valence-corrected chi connectivity index (χ2v) is 4.84. The van der Waals surface area contributed by atoms with Crippen molar-refractivity contribution < 1.29 is 0 Å². The minimum absolute atomic E-state index is 0.553. The van der Waals surface area contributed by atoms with Crippen LogP contribution in [0.4, 0.5) is 5.13 Å². The summed E-state index contributed by atoms with van der Waals surface area (Å²) in [5.74, 6) is 0. The van der Waals surface area contributed by atoms with Gasteiger partial charge in [-0.1, -0.05) is 29.3 Å². The first-order valence-electron chi connectivity index (χ1n) is 4.49. The van der Waals surface area contributed by atoms with Gasteiger partial charge in [-0.05, 0) is 29.8 Å². The lowest BCUT2D eigenvalue weighted by Crippen LogP contribution is -1.81. The number of thiazole rings is 1. The van der Waals surface area contributed by atoms with Crippen molar-refractivity contribution in [2.75, 3.05) is 5.73 Å². The van der Waals surface area contributed by atoms with Crippen molar-refractivity contribution in [2.24, 2.45) is 0 Å². The molecule has 0 unspecified atom stereocenters. The summed E-state index contributed by atoms with van der Waals surface area (Å²) in [5, 5.41) is 3.74. The molecule has 0 aliphatic rings. The van der Waals surface area contributed by atoms with E-state index >= 15 is 0 Å². The summed E-state index contributed by atoms with van der Waals surface area (Å²) in [4.78, 5) is 4.11. The van der Waals surface area contributed by atoms with Crippen LogP contribution < -0.4 is 5.73 Å². The van der Waals surface area contributed by atoms with Gasteiger partial charge in [-0.3, -0.25) is 0 Å². The molecule has 0 saturated heterocycles. The van der Waals surface area contributed by atoms with Crippen molar-refractivity contribution >= 4 is 51.8 Å². The van der Waals surface area contributed by atoms with Gasteiger partial charge in [0.2, 0.25) is 0 Å². The number of anilines is 1. The summed E-state index contributed by atoms with van der Waals surface area (Å²) in [5.41, 5.74) is 7.21. The third-order valence-corrected chi connectivity index (χ3v) is 3.20. The molecule has 82 valence electrons. The van der Waals surface area contributed by atoms with Crippen molar-refractivity contribution in [3.63, 3.8) is 0 Å². The van der Waals surface area contributed by atoms with Crippen molar-refractivity contribution in [1.29, 1.82) is 0 Å². The fourth-order valence-corrected chi connectivity index (χ4v) is 2.09. The normalized spacial score (nSPS) is 11.1. The molecule has 0 spiro atoms. The van der Waals surface area contributed by atoms with Gasteiger partial charge in [-0.25, -0.2) is 4.98 Å². The van der Waals surface area contributed by atoms with Crippen molar-refractivity contribution in [3.8, 4) is 0 Å². The number of rotatable bonds is 2. The number of nitrogens with two attached hydrogens (primary N) is 1. The molecule has 2 N–H and O–H groups in total. The predicted molar refractivity (Wildman–Crippen MR) is 71.9 cm³/mol. The Morgan fingerprint density at radius 1 is 1.25 bits per heavy atom. The maximum Gasteiger partial charge on any atom is 0.180 e. The lowest BCUT2D eigenvalue weighted by Gasteiger charge is -1.97. The molecular weight excluding hydrogens is 263 g/mol. The number of hydrogen-bond acceptors (Lipinski definition) is 3. The molecule has 0 radical (unpaired) electrons. The third kappa shape index (κ3) is 2.76. The zero-order chi connectivity index (χ0) is 11.5. The second-order valence-electron chi connectivity index (χ2n) is 3.11. The zero-order valence-electron chi connectivity index (χ0n) is 8.15. The van der Waals surface area contributed by atoms with E-state index in [4.69, 9.17) is 28.9 Å². The predicted octanol–water partition coefficient (Wildman–Crippen LogP) is 4.20. The number of benzene rings is 1. The van der Waals surface area contributed by atoms with E-state index in [1.165, 1.54) is 11.3 Å². The Morgan fingerprint density at radius 3 is 2.75 bits per heavy atom. The van der Waals surface area contributed by atoms with Crippen LogP contribution in [-0.4, -0.2) is 4.98 Å². The van der Waals surface area contributed by atoms with E-state index in [9.17, 15) is 0 Å². The maximum atomic E-state index is 6.02. The molecule has 1 aromatic heterocycles. The summed E-state index contributed by atoms with van der Waals surface area (Å²) in [6.07, 6.45) is 3.72. The molecule has 2 aromatic rings. The summed E-state index contributed by atoms with van der Waals surface area (Å²) >= 11 is 13.3. The Balaban J connectivity index is 2.26. The number of aromatic nitrogens is 1. The van der Waals surface area contributed by atoms with Crippen LogP contribution in [0, 0.1) is 0 Å². The number of nitrogen functional groups attached to an aromatic ring is 1. The van der Waals surface area contributed by atoms with E-state index in [-0.39, 0.29) is 0 Å². The van der Waals surface area contributed by atoms with Crippen LogP contribution in [-0.2, 0) is 0 Å². The first kappa shape index (κ1) is 11.5. The van der Waals surface area contributed by atoms with E-state index in [0.717, 1.165) is 11.3 Å². The van der Waals surface area contributed by atoms with Gasteiger partial charge in [0.1, 0.15) is 0 Å². The maximum absolute atomic E-state index is 6.02. The molecule has 5 heteroatoms. The van der Waals surface area contributed by atoms with E-state index in [1.54, 1.807) is 18.2 Å². The van der Waals surface area contributed by atoms with Crippen LogP contribution in [0.5, 0.6) is 0 Å². The monoisotopic (exact) mass is 270 g/mol. The highest BCUT2D eigenvalue weighted by Gasteiger charge is 1.98. The first-order chi connectivity index (χ1) is 7.65. The average Bonchev–Trinajstić information content (AvgIpc) is 2.66. The van der Waals surface area contributed by atoms with Gasteiger partial charge >= 0.3 is 0 Å². The van der Waals surface area contributed by atoms with Gasteiger partial charge in [0.15, 0.2) is 5.13 Å². The van der Waals surface area contributed by atoms with Crippen LogP contribution in [0.1, 0.15) is 11.3 Å². The first-order valence-corrected chi connectivity index (χ1v) is 6.13. The molecule has 0 fully saturated rings. The van der Waals surface area contributed by atoms with Crippen LogP contribution >= 0.6 is 34.5 Å². The van der Waals surface area contributed by atoms with Crippen LogP contribution in [0.2, 0.25) is 10.0 Å². The van der Waals surface area contributed by atoms with Gasteiger partial charge in [-0.15, -0.1) is 11.3 Å². The highest BCUT2D eigenvalue weighted by molar-refractivity contribution is 7.13. The van der Waals surface area contributed by atoms with Gasteiger partial charge < -0.3 is 5.73 Å². The number of hydrogen-bond donors (Lipinski definition) is 1. The standard InChI is InChI=1S/C11H8Cl2N2S/c12-8-2-4-10(13)7(5-8)1-3-9-6-16-11(14)15-9/h1-6H,(H2,14,15). The molecule has 2 rings (SSSR count). The highest BCUT2D eigenvalue weighted by atomic mass is 35.5. The summed E-state index contributed by atoms with van der Waals surface area (Å²) in [6, 6.07) is 5.32. The molecule has 0 aliphatic heterocycles. The number of nitrogens with zero attached hydrogens (tertiary/aromatic N) is 1. The zero-order valence-corrected chi connectivity index (χ0v) is 10.5. The molecule has 2 nitrogen and oxygen atoms in total. The molecule has 0 bridgehead atoms. The van der Waals surface area contributed by atoms with E-state index < -0.39 is 0 Å². The smallest absolute Gasteiger partial charge is 0.180 e. The second kappa shape index (κ2) is 4.87. The minimum Gasteiger partial charge on any atom is -0.375 e. The quantitative estimate of drug-likeness (QED) is 0.888. The van der Waals surface area contributed by atoms with Crippen molar-refractivity contribution in [1.82, 2.24) is 4.98 Å². The molecule has 0 saturated carbocycles. The highest BCUT2D eigenvalue weighted by Crippen LogP contribution is 2.23. The topological polar surface area (TPSA) is 38.9 Å². The Hall–Kier alpha value is -1.03. The van der Waals surface area contributed by atoms with Gasteiger partial charge in [0.05, 0.1) is 5.69 Å². The summed E-state index contributed by atoms with van der Waals surface area (Å²) in [7, 11) is 0. The van der Waals surface area contributed by atoms with Gasteiger partial charge in [0, 0.05) is 15.4 Å². The van der Waals surface area contributed by atoms with Crippen LogP contribution in [0.15, 0.2) is 23.6 Å². The molecule has 0 aliphatic carbocycles. The Labute approximate surface area is 107 Å². The largest absolute Gasteiger partial charge is 0.375 e. The van der Waals surface area contributed by atoms with Crippen LogP contribution in [0.3, 0.4) is 0 Å². The SMILES string of the molecule is Nc1nc(C=Cc2cc(Cl)ccc2Cl)cs1. The van der Waals surface area contributed by atoms with E-state index in [2.05, 4.69) is 4.98 Å². The Morgan fingerprint density at radius 2 is 2.06 bits per heavy atom. The fraction of sp³-hybridized carbons (Fsp3) is 0. The Kier molecular flexibility index (Phi) is 3.49. The molecule has 1 aromatic carbocycles. The number of halogens is 2. The summed E-state index contributed by atoms with van der Waals surface area (Å²) < 4.78 is 0. The lowest BCUT2D eigenvalue weighted by molar-refractivity contribution is 1.39. The Bertz CT molecular complexity index is 535. The minimum atomic E-state index is 0.553. The molecule has 1 heterocycles. The molecular formula is C11H8Cl2N2S. The lowest BCUT2D eigenvalue weighted by atomic mass is 10.2. The third-order valence-electron chi connectivity index (χ3n) is 1.93. The van der Waals surface area contributed by atoms with Crippen molar-refractivity contribution in [2.45, 2.75) is 0 Å². The summed E-state index contributed by atoms with van der Waals surface area (Å²) in [6.45, 7) is 0. The fourth-order valence-electron chi connectivity index (χ4n) is 1.19. The average molecular weight is 271 g/mol. The molecule has 0 amide bonds. The van der Waals surface area contributed by atoms with E-state index in [0.29, 0.717) is 15.2 Å².